The number of methoxy groups -OCH3 is 1. The number of rotatable bonds is 5. The van der Waals surface area contributed by atoms with Crippen molar-refractivity contribution in [1.82, 2.24) is 0 Å². The summed E-state index contributed by atoms with van der Waals surface area (Å²) in [6.07, 6.45) is 7.79. The van der Waals surface area contributed by atoms with E-state index < -0.39 is 0 Å². The third-order valence-electron chi connectivity index (χ3n) is 8.01. The SMILES string of the molecule is COC1CCCCC1[Se][C@@H]1/C(=N/OC(=O)c2ccccc2)[C@]2(C)CC[C@H]1C2(C)C. The van der Waals surface area contributed by atoms with Gasteiger partial charge in [-0.15, -0.1) is 0 Å². The van der Waals surface area contributed by atoms with Crippen LogP contribution in [0.5, 0.6) is 0 Å². The summed E-state index contributed by atoms with van der Waals surface area (Å²) in [6, 6.07) is 9.16. The molecule has 4 nitrogen and oxygen atoms in total. The molecule has 1 aromatic rings. The predicted octanol–water partition coefficient (Wildman–Crippen LogP) is 5.53. The molecule has 0 N–H and O–H groups in total. The van der Waals surface area contributed by atoms with E-state index in [0.717, 1.165) is 12.1 Å². The molecule has 3 saturated carbocycles. The summed E-state index contributed by atoms with van der Waals surface area (Å²) in [5, 5.41) is 4.59. The average Bonchev–Trinajstić information content (AvgIpc) is 3.05. The van der Waals surface area contributed by atoms with Gasteiger partial charge in [0.1, 0.15) is 0 Å². The van der Waals surface area contributed by atoms with Gasteiger partial charge in [-0.25, -0.2) is 0 Å². The number of benzene rings is 1. The quantitative estimate of drug-likeness (QED) is 0.329. The van der Waals surface area contributed by atoms with E-state index >= 15 is 0 Å². The van der Waals surface area contributed by atoms with E-state index in [-0.39, 0.29) is 16.8 Å². The number of hydrogen-bond donors (Lipinski definition) is 0. The van der Waals surface area contributed by atoms with Crippen LogP contribution in [-0.4, -0.2) is 39.9 Å². The van der Waals surface area contributed by atoms with Crippen molar-refractivity contribution < 1.29 is 14.4 Å². The summed E-state index contributed by atoms with van der Waals surface area (Å²) in [7, 11) is 1.86. The molecule has 0 spiro atoms. The molecule has 0 aliphatic heterocycles. The Balaban J connectivity index is 1.59. The Morgan fingerprint density at radius 3 is 2.55 bits per heavy atom. The maximum absolute atomic E-state index is 12.5. The number of oxime groups is 1. The van der Waals surface area contributed by atoms with Gasteiger partial charge >= 0.3 is 181 Å². The summed E-state index contributed by atoms with van der Waals surface area (Å²) in [4.78, 5) is 19.1. The fourth-order valence-corrected chi connectivity index (χ4v) is 10.4. The standard InChI is InChI=1S/C24H33NO3Se/c1-23(2)17-14-15-24(23,3)21(25-28-22(26)16-10-6-5-7-11-16)20(17)29-19-13-9-8-12-18(19)27-4/h5-7,10-11,17-20H,8-9,12-15H2,1-4H3/b25-21-/t17-,18?,19?,20+,24+/m1/s1. The molecule has 0 amide bonds. The van der Waals surface area contributed by atoms with Crippen molar-refractivity contribution in [2.24, 2.45) is 21.9 Å². The summed E-state index contributed by atoms with van der Waals surface area (Å²) in [5.41, 5.74) is 1.90. The third kappa shape index (κ3) is 3.60. The van der Waals surface area contributed by atoms with Gasteiger partial charge in [0.25, 0.3) is 0 Å². The normalized spacial score (nSPS) is 37.0. The zero-order valence-electron chi connectivity index (χ0n) is 18.0. The summed E-state index contributed by atoms with van der Waals surface area (Å²) >= 11 is 0.402. The van der Waals surface area contributed by atoms with Gasteiger partial charge < -0.3 is 0 Å². The van der Waals surface area contributed by atoms with Crippen LogP contribution in [0.1, 0.15) is 69.7 Å². The number of ether oxygens (including phenoxy) is 1. The van der Waals surface area contributed by atoms with Crippen molar-refractivity contribution in [2.45, 2.75) is 75.0 Å². The Hall–Kier alpha value is -1.16. The van der Waals surface area contributed by atoms with Crippen LogP contribution < -0.4 is 0 Å². The van der Waals surface area contributed by atoms with Crippen LogP contribution in [0.15, 0.2) is 35.5 Å². The first-order valence-electron chi connectivity index (χ1n) is 10.9. The molecule has 3 aliphatic rings. The van der Waals surface area contributed by atoms with Gasteiger partial charge in [0.2, 0.25) is 0 Å². The Morgan fingerprint density at radius 2 is 1.83 bits per heavy atom. The minimum atomic E-state index is -0.360. The van der Waals surface area contributed by atoms with Gasteiger partial charge in [-0.3, -0.25) is 0 Å². The van der Waals surface area contributed by atoms with Gasteiger partial charge in [-0.2, -0.15) is 0 Å². The van der Waals surface area contributed by atoms with E-state index in [2.05, 4.69) is 25.9 Å². The summed E-state index contributed by atoms with van der Waals surface area (Å²) in [5.74, 6) is 0.266. The fraction of sp³-hybridized carbons (Fsp3) is 0.667. The molecule has 29 heavy (non-hydrogen) atoms. The van der Waals surface area contributed by atoms with Crippen LogP contribution in [-0.2, 0) is 9.57 Å². The molecular weight excluding hydrogens is 429 g/mol. The van der Waals surface area contributed by atoms with Crippen molar-refractivity contribution in [3.63, 3.8) is 0 Å². The van der Waals surface area contributed by atoms with Crippen LogP contribution in [0.25, 0.3) is 0 Å². The first kappa shape index (κ1) is 21.1. The Morgan fingerprint density at radius 1 is 1.10 bits per heavy atom. The second-order valence-corrected chi connectivity index (χ2v) is 12.5. The molecule has 5 heteroatoms. The van der Waals surface area contributed by atoms with E-state index in [4.69, 9.17) is 9.57 Å². The molecule has 0 radical (unpaired) electrons. The van der Waals surface area contributed by atoms with Crippen LogP contribution in [0.4, 0.5) is 0 Å². The Bertz CT molecular complexity index is 778. The molecular formula is C24H33NO3Se. The molecule has 4 rings (SSSR count). The first-order valence-corrected chi connectivity index (χ1v) is 12.9. The molecule has 3 aliphatic carbocycles. The van der Waals surface area contributed by atoms with Crippen molar-refractivity contribution in [3.05, 3.63) is 35.9 Å². The molecule has 2 unspecified atom stereocenters. The van der Waals surface area contributed by atoms with Crippen molar-refractivity contribution >= 4 is 26.6 Å². The number of carbonyl (C=O) groups is 1. The number of hydrogen-bond acceptors (Lipinski definition) is 4. The van der Waals surface area contributed by atoms with E-state index in [1.165, 1.54) is 32.1 Å². The molecule has 158 valence electrons. The van der Waals surface area contributed by atoms with Crippen LogP contribution in [0.3, 0.4) is 0 Å². The van der Waals surface area contributed by atoms with Gasteiger partial charge in [-0.05, 0) is 0 Å². The Labute approximate surface area is 181 Å². The molecule has 1 aromatic carbocycles. The fourth-order valence-electron chi connectivity index (χ4n) is 5.73. The van der Waals surface area contributed by atoms with Gasteiger partial charge in [0.05, 0.1) is 0 Å². The third-order valence-corrected chi connectivity index (χ3v) is 11.6. The first-order chi connectivity index (χ1) is 13.9. The molecule has 0 saturated heterocycles. The van der Waals surface area contributed by atoms with Gasteiger partial charge in [-0.1, -0.05) is 0 Å². The molecule has 0 heterocycles. The van der Waals surface area contributed by atoms with Crippen LogP contribution >= 0.6 is 0 Å². The topological polar surface area (TPSA) is 47.9 Å². The number of nitrogens with zero attached hydrogens (tertiary/aromatic N) is 1. The van der Waals surface area contributed by atoms with Crippen LogP contribution in [0.2, 0.25) is 9.63 Å². The van der Waals surface area contributed by atoms with Crippen molar-refractivity contribution in [2.75, 3.05) is 7.11 Å². The predicted molar refractivity (Wildman–Crippen MR) is 116 cm³/mol. The second kappa shape index (κ2) is 8.17. The zero-order valence-corrected chi connectivity index (χ0v) is 19.7. The summed E-state index contributed by atoms with van der Waals surface area (Å²) in [6.45, 7) is 7.13. The van der Waals surface area contributed by atoms with Crippen molar-refractivity contribution in [1.29, 1.82) is 0 Å². The number of fused-ring (bicyclic) bond motifs is 2. The maximum atomic E-state index is 12.5. The van der Waals surface area contributed by atoms with E-state index in [9.17, 15) is 4.79 Å². The monoisotopic (exact) mass is 463 g/mol. The Kier molecular flexibility index (Phi) is 5.94. The van der Waals surface area contributed by atoms with Crippen LogP contribution in [0, 0.1) is 16.7 Å². The zero-order chi connectivity index (χ0) is 20.6. The van der Waals surface area contributed by atoms with E-state index in [1.54, 1.807) is 12.1 Å². The van der Waals surface area contributed by atoms with E-state index in [1.807, 2.05) is 25.3 Å². The van der Waals surface area contributed by atoms with Crippen molar-refractivity contribution in [3.8, 4) is 0 Å². The average molecular weight is 462 g/mol. The van der Waals surface area contributed by atoms with Gasteiger partial charge in [0, 0.05) is 0 Å². The van der Waals surface area contributed by atoms with E-state index in [0.29, 0.717) is 42.2 Å². The molecule has 2 bridgehead atoms. The van der Waals surface area contributed by atoms with Gasteiger partial charge in [0.15, 0.2) is 0 Å². The second-order valence-electron chi connectivity index (χ2n) is 9.57. The number of carbonyl (C=O) groups excluding carboxylic acids is 1. The minimum absolute atomic E-state index is 0.0122. The molecule has 0 aromatic heterocycles. The molecule has 5 atom stereocenters. The molecule has 3 fully saturated rings. The summed E-state index contributed by atoms with van der Waals surface area (Å²) < 4.78 is 5.85.